The molecule has 0 bridgehead atoms. The minimum Gasteiger partial charge on any atom is -0.361 e. The average Bonchev–Trinajstić information content (AvgIpc) is 2.88. The Hall–Kier alpha value is -1.32. The van der Waals surface area contributed by atoms with Crippen molar-refractivity contribution in [2.45, 2.75) is 18.3 Å². The molecule has 0 atom stereocenters. The first-order chi connectivity index (χ1) is 7.36. The molecule has 3 nitrogen and oxygen atoms in total. The molecule has 1 fully saturated rings. The normalized spacial score (nSPS) is 18.2. The maximum Gasteiger partial charge on any atom is 0.0776 e. The minimum absolute atomic E-state index is 0.166. The first kappa shape index (κ1) is 8.95. The Morgan fingerprint density at radius 3 is 2.93 bits per heavy atom. The first-order valence-electron chi connectivity index (χ1n) is 5.24. The highest BCUT2D eigenvalue weighted by Gasteiger charge is 2.45. The SMILES string of the molecule is NOCC1(c2cccc3cc[nH]c23)CC1. The van der Waals surface area contributed by atoms with E-state index in [0.29, 0.717) is 6.61 Å². The van der Waals surface area contributed by atoms with Gasteiger partial charge in [-0.05, 0) is 29.9 Å². The summed E-state index contributed by atoms with van der Waals surface area (Å²) in [5, 5.41) is 1.26. The summed E-state index contributed by atoms with van der Waals surface area (Å²) in [6.45, 7) is 0.616. The van der Waals surface area contributed by atoms with E-state index in [-0.39, 0.29) is 5.41 Å². The molecule has 0 saturated heterocycles. The number of rotatable bonds is 3. The summed E-state index contributed by atoms with van der Waals surface area (Å²) in [7, 11) is 0. The van der Waals surface area contributed by atoms with Crippen LogP contribution in [0, 0.1) is 0 Å². The highest BCUT2D eigenvalue weighted by atomic mass is 16.6. The Bertz CT molecular complexity index is 485. The van der Waals surface area contributed by atoms with Gasteiger partial charge in [-0.2, -0.15) is 0 Å². The first-order valence-corrected chi connectivity index (χ1v) is 5.24. The van der Waals surface area contributed by atoms with Crippen LogP contribution in [0.3, 0.4) is 0 Å². The third kappa shape index (κ3) is 1.28. The van der Waals surface area contributed by atoms with Crippen molar-refractivity contribution in [3.05, 3.63) is 36.0 Å². The quantitative estimate of drug-likeness (QED) is 0.749. The van der Waals surface area contributed by atoms with E-state index in [1.54, 1.807) is 0 Å². The van der Waals surface area contributed by atoms with Gasteiger partial charge in [-0.15, -0.1) is 0 Å². The predicted molar refractivity (Wildman–Crippen MR) is 59.4 cm³/mol. The standard InChI is InChI=1S/C12H14N2O/c13-15-8-12(5-6-12)10-3-1-2-9-4-7-14-11(9)10/h1-4,7,14H,5-6,8,13H2. The van der Waals surface area contributed by atoms with Gasteiger partial charge in [-0.3, -0.25) is 0 Å². The van der Waals surface area contributed by atoms with Crippen LogP contribution < -0.4 is 5.90 Å². The fraction of sp³-hybridized carbons (Fsp3) is 0.333. The number of benzene rings is 1. The van der Waals surface area contributed by atoms with E-state index in [9.17, 15) is 0 Å². The fourth-order valence-corrected chi connectivity index (χ4v) is 2.33. The topological polar surface area (TPSA) is 51.0 Å². The highest BCUT2D eigenvalue weighted by Crippen LogP contribution is 2.49. The number of para-hydroxylation sites is 1. The molecule has 78 valence electrons. The van der Waals surface area contributed by atoms with Crippen LogP contribution >= 0.6 is 0 Å². The molecule has 1 heterocycles. The van der Waals surface area contributed by atoms with Gasteiger partial charge in [0.2, 0.25) is 0 Å². The maximum atomic E-state index is 5.20. The molecule has 0 amide bonds. The van der Waals surface area contributed by atoms with Gasteiger partial charge in [-0.1, -0.05) is 18.2 Å². The van der Waals surface area contributed by atoms with Crippen LogP contribution in [0.4, 0.5) is 0 Å². The van der Waals surface area contributed by atoms with Gasteiger partial charge in [-0.25, -0.2) is 5.90 Å². The van der Waals surface area contributed by atoms with Crippen molar-refractivity contribution >= 4 is 10.9 Å². The summed E-state index contributed by atoms with van der Waals surface area (Å²) in [4.78, 5) is 8.13. The molecule has 3 rings (SSSR count). The average molecular weight is 202 g/mol. The third-order valence-corrected chi connectivity index (χ3v) is 3.37. The van der Waals surface area contributed by atoms with Crippen LogP contribution in [0.25, 0.3) is 10.9 Å². The molecular weight excluding hydrogens is 188 g/mol. The summed E-state index contributed by atoms with van der Waals surface area (Å²) in [5.41, 5.74) is 2.74. The lowest BCUT2D eigenvalue weighted by atomic mass is 9.95. The highest BCUT2D eigenvalue weighted by molar-refractivity contribution is 5.84. The van der Waals surface area contributed by atoms with Crippen molar-refractivity contribution in [1.29, 1.82) is 0 Å². The number of H-pyrrole nitrogens is 1. The summed E-state index contributed by atoms with van der Waals surface area (Å²) < 4.78 is 0. The summed E-state index contributed by atoms with van der Waals surface area (Å²) in [6, 6.07) is 8.49. The Morgan fingerprint density at radius 1 is 1.33 bits per heavy atom. The predicted octanol–water partition coefficient (Wildman–Crippen LogP) is 2.09. The van der Waals surface area contributed by atoms with Crippen molar-refractivity contribution < 1.29 is 4.84 Å². The molecule has 3 heteroatoms. The smallest absolute Gasteiger partial charge is 0.0776 e. The van der Waals surface area contributed by atoms with Crippen LogP contribution in [0.1, 0.15) is 18.4 Å². The lowest BCUT2D eigenvalue weighted by Gasteiger charge is -2.14. The van der Waals surface area contributed by atoms with Crippen LogP contribution in [-0.2, 0) is 10.3 Å². The van der Waals surface area contributed by atoms with E-state index < -0.39 is 0 Å². The number of fused-ring (bicyclic) bond motifs is 1. The Morgan fingerprint density at radius 2 is 2.20 bits per heavy atom. The maximum absolute atomic E-state index is 5.20. The molecule has 1 aliphatic carbocycles. The third-order valence-electron chi connectivity index (χ3n) is 3.37. The summed E-state index contributed by atoms with van der Waals surface area (Å²) >= 11 is 0. The van der Waals surface area contributed by atoms with Crippen LogP contribution in [-0.4, -0.2) is 11.6 Å². The second-order valence-electron chi connectivity index (χ2n) is 4.34. The van der Waals surface area contributed by atoms with Crippen LogP contribution in [0.5, 0.6) is 0 Å². The van der Waals surface area contributed by atoms with Gasteiger partial charge >= 0.3 is 0 Å². The van der Waals surface area contributed by atoms with E-state index in [4.69, 9.17) is 10.7 Å². The largest absolute Gasteiger partial charge is 0.361 e. The van der Waals surface area contributed by atoms with Gasteiger partial charge in [0, 0.05) is 17.1 Å². The second-order valence-corrected chi connectivity index (χ2v) is 4.34. The number of nitrogens with one attached hydrogen (secondary N) is 1. The zero-order valence-corrected chi connectivity index (χ0v) is 8.49. The van der Waals surface area contributed by atoms with Crippen LogP contribution in [0.2, 0.25) is 0 Å². The van der Waals surface area contributed by atoms with Gasteiger partial charge in [0.1, 0.15) is 0 Å². The molecule has 0 aliphatic heterocycles. The van der Waals surface area contributed by atoms with Crippen molar-refractivity contribution in [3.63, 3.8) is 0 Å². The molecular formula is C12H14N2O. The lowest BCUT2D eigenvalue weighted by molar-refractivity contribution is 0.116. The Labute approximate surface area is 88.2 Å². The molecule has 1 aromatic carbocycles. The van der Waals surface area contributed by atoms with Gasteiger partial charge < -0.3 is 9.82 Å². The molecule has 1 aliphatic rings. The number of nitrogens with two attached hydrogens (primary N) is 1. The van der Waals surface area contributed by atoms with E-state index in [0.717, 1.165) is 0 Å². The molecule has 0 radical (unpaired) electrons. The van der Waals surface area contributed by atoms with Gasteiger partial charge in [0.15, 0.2) is 0 Å². The zero-order chi connectivity index (χ0) is 10.3. The number of aromatic nitrogens is 1. The van der Waals surface area contributed by atoms with Crippen LogP contribution in [0.15, 0.2) is 30.5 Å². The van der Waals surface area contributed by atoms with E-state index in [1.165, 1.54) is 29.3 Å². The molecule has 0 spiro atoms. The Balaban J connectivity index is 2.14. The van der Waals surface area contributed by atoms with Crippen molar-refractivity contribution in [2.24, 2.45) is 5.90 Å². The number of hydrogen-bond donors (Lipinski definition) is 2. The zero-order valence-electron chi connectivity index (χ0n) is 8.49. The fourth-order valence-electron chi connectivity index (χ4n) is 2.33. The molecule has 1 aromatic heterocycles. The van der Waals surface area contributed by atoms with Gasteiger partial charge in [0.25, 0.3) is 0 Å². The monoisotopic (exact) mass is 202 g/mol. The minimum atomic E-state index is 0.166. The van der Waals surface area contributed by atoms with E-state index >= 15 is 0 Å². The van der Waals surface area contributed by atoms with Crippen molar-refractivity contribution in [1.82, 2.24) is 4.98 Å². The van der Waals surface area contributed by atoms with E-state index in [1.807, 2.05) is 6.20 Å². The molecule has 15 heavy (non-hydrogen) atoms. The molecule has 2 aromatic rings. The Kier molecular flexibility index (Phi) is 1.84. The summed E-state index contributed by atoms with van der Waals surface area (Å²) in [6.07, 6.45) is 4.32. The number of hydrogen-bond acceptors (Lipinski definition) is 2. The van der Waals surface area contributed by atoms with Crippen molar-refractivity contribution in [3.8, 4) is 0 Å². The molecule has 1 saturated carbocycles. The summed E-state index contributed by atoms with van der Waals surface area (Å²) in [5.74, 6) is 5.20. The van der Waals surface area contributed by atoms with Gasteiger partial charge in [0.05, 0.1) is 6.61 Å². The van der Waals surface area contributed by atoms with Crippen molar-refractivity contribution in [2.75, 3.05) is 6.61 Å². The molecule has 3 N–H and O–H groups in total. The number of aromatic amines is 1. The second kappa shape index (κ2) is 3.08. The lowest BCUT2D eigenvalue weighted by Crippen LogP contribution is -2.18. The molecule has 0 unspecified atom stereocenters. The van der Waals surface area contributed by atoms with E-state index in [2.05, 4.69) is 29.2 Å².